The highest BCUT2D eigenvalue weighted by Gasteiger charge is 2.30. The van der Waals surface area contributed by atoms with Crippen molar-refractivity contribution in [1.29, 1.82) is 0 Å². The standard InChI is InChI=1S/C18H24FN5.HI/c1-18(2)6-8-23(12-18)17(20-3)22-11-14-4-5-16(15(19)10-14)24-9-7-21-13-24;/h4-5,7,9-10,13H,6,8,11-12H2,1-3H3,(H,20,22);1H. The fourth-order valence-electron chi connectivity index (χ4n) is 3.08. The summed E-state index contributed by atoms with van der Waals surface area (Å²) in [5.74, 6) is 0.615. The van der Waals surface area contributed by atoms with Gasteiger partial charge in [-0.2, -0.15) is 0 Å². The van der Waals surface area contributed by atoms with Gasteiger partial charge in [0, 0.05) is 39.1 Å². The number of benzene rings is 1. The third-order valence-electron chi connectivity index (χ3n) is 4.43. The quantitative estimate of drug-likeness (QED) is 0.437. The maximum absolute atomic E-state index is 14.3. The molecule has 0 atom stereocenters. The summed E-state index contributed by atoms with van der Waals surface area (Å²) in [4.78, 5) is 10.6. The summed E-state index contributed by atoms with van der Waals surface area (Å²) in [6, 6.07) is 5.26. The molecule has 2 aromatic rings. The molecule has 0 radical (unpaired) electrons. The molecule has 0 saturated carbocycles. The van der Waals surface area contributed by atoms with Gasteiger partial charge in [-0.1, -0.05) is 19.9 Å². The Bertz CT molecular complexity index is 727. The van der Waals surface area contributed by atoms with Gasteiger partial charge in [0.1, 0.15) is 5.82 Å². The molecular formula is C18H25FIN5. The van der Waals surface area contributed by atoms with Crippen LogP contribution in [-0.4, -0.2) is 40.5 Å². The molecule has 5 nitrogen and oxygen atoms in total. The van der Waals surface area contributed by atoms with E-state index >= 15 is 0 Å². The van der Waals surface area contributed by atoms with Gasteiger partial charge >= 0.3 is 0 Å². The van der Waals surface area contributed by atoms with E-state index in [1.165, 1.54) is 0 Å². The summed E-state index contributed by atoms with van der Waals surface area (Å²) < 4.78 is 16.0. The molecule has 1 aliphatic heterocycles. The molecule has 1 aromatic carbocycles. The van der Waals surface area contributed by atoms with Gasteiger partial charge in [-0.25, -0.2) is 9.37 Å². The molecule has 0 amide bonds. The van der Waals surface area contributed by atoms with Crippen LogP contribution in [0.15, 0.2) is 41.9 Å². The fraction of sp³-hybridized carbons (Fsp3) is 0.444. The lowest BCUT2D eigenvalue weighted by atomic mass is 9.93. The number of likely N-dealkylation sites (tertiary alicyclic amines) is 1. The second kappa shape index (κ2) is 8.16. The number of nitrogens with zero attached hydrogens (tertiary/aromatic N) is 4. The Morgan fingerprint density at radius 3 is 2.76 bits per heavy atom. The highest BCUT2D eigenvalue weighted by molar-refractivity contribution is 14.0. The third-order valence-corrected chi connectivity index (χ3v) is 4.43. The molecule has 1 N–H and O–H groups in total. The lowest BCUT2D eigenvalue weighted by Crippen LogP contribution is -2.40. The van der Waals surface area contributed by atoms with Gasteiger partial charge < -0.3 is 14.8 Å². The molecule has 25 heavy (non-hydrogen) atoms. The van der Waals surface area contributed by atoms with E-state index in [2.05, 4.69) is 34.0 Å². The Kier molecular flexibility index (Phi) is 6.42. The highest BCUT2D eigenvalue weighted by atomic mass is 127. The molecular weight excluding hydrogens is 432 g/mol. The zero-order chi connectivity index (χ0) is 17.2. The van der Waals surface area contributed by atoms with E-state index in [9.17, 15) is 4.39 Å². The SMILES string of the molecule is CN=C(NCc1ccc(-n2ccnc2)c(F)c1)N1CCC(C)(C)C1.I. The fourth-order valence-corrected chi connectivity index (χ4v) is 3.08. The van der Waals surface area contributed by atoms with Crippen LogP contribution in [0.1, 0.15) is 25.8 Å². The van der Waals surface area contributed by atoms with E-state index in [-0.39, 0.29) is 29.8 Å². The predicted molar refractivity (Wildman–Crippen MR) is 109 cm³/mol. The summed E-state index contributed by atoms with van der Waals surface area (Å²) in [6.45, 7) is 7.07. The molecule has 0 unspecified atom stereocenters. The molecule has 3 rings (SSSR count). The van der Waals surface area contributed by atoms with E-state index in [4.69, 9.17) is 0 Å². The molecule has 1 aliphatic rings. The maximum Gasteiger partial charge on any atom is 0.193 e. The second-order valence-corrected chi connectivity index (χ2v) is 6.99. The summed E-state index contributed by atoms with van der Waals surface area (Å²) in [5, 5.41) is 3.34. The highest BCUT2D eigenvalue weighted by Crippen LogP contribution is 2.28. The van der Waals surface area contributed by atoms with E-state index in [1.807, 2.05) is 6.07 Å². The van der Waals surface area contributed by atoms with Gasteiger partial charge in [-0.05, 0) is 29.5 Å². The molecule has 0 spiro atoms. The van der Waals surface area contributed by atoms with E-state index in [0.717, 1.165) is 31.0 Å². The number of hydrogen-bond acceptors (Lipinski definition) is 2. The van der Waals surface area contributed by atoms with Crippen molar-refractivity contribution in [2.45, 2.75) is 26.8 Å². The smallest absolute Gasteiger partial charge is 0.193 e. The van der Waals surface area contributed by atoms with Crippen molar-refractivity contribution < 1.29 is 4.39 Å². The van der Waals surface area contributed by atoms with Crippen LogP contribution in [0.3, 0.4) is 0 Å². The minimum atomic E-state index is -0.260. The molecule has 0 bridgehead atoms. The van der Waals surface area contributed by atoms with E-state index in [0.29, 0.717) is 17.6 Å². The van der Waals surface area contributed by atoms with Crippen molar-refractivity contribution >= 4 is 29.9 Å². The summed E-state index contributed by atoms with van der Waals surface area (Å²) in [5.41, 5.74) is 1.70. The number of guanidine groups is 1. The van der Waals surface area contributed by atoms with Gasteiger partial charge in [0.15, 0.2) is 5.96 Å². The van der Waals surface area contributed by atoms with Crippen LogP contribution in [0.2, 0.25) is 0 Å². The zero-order valence-corrected chi connectivity index (χ0v) is 17.2. The maximum atomic E-state index is 14.3. The van der Waals surface area contributed by atoms with Crippen molar-refractivity contribution in [1.82, 2.24) is 19.8 Å². The summed E-state index contributed by atoms with van der Waals surface area (Å²) >= 11 is 0. The summed E-state index contributed by atoms with van der Waals surface area (Å²) in [6.07, 6.45) is 6.11. The number of aromatic nitrogens is 2. The molecule has 1 fully saturated rings. The first-order valence-corrected chi connectivity index (χ1v) is 8.21. The van der Waals surface area contributed by atoms with E-state index in [1.54, 1.807) is 42.5 Å². The van der Waals surface area contributed by atoms with Crippen LogP contribution in [0, 0.1) is 11.2 Å². The minimum Gasteiger partial charge on any atom is -0.352 e. The Morgan fingerprint density at radius 1 is 1.40 bits per heavy atom. The van der Waals surface area contributed by atoms with Gasteiger partial charge in [0.05, 0.1) is 12.0 Å². The van der Waals surface area contributed by atoms with Gasteiger partial charge in [0.2, 0.25) is 0 Å². The van der Waals surface area contributed by atoms with Crippen molar-refractivity contribution in [2.75, 3.05) is 20.1 Å². The van der Waals surface area contributed by atoms with Crippen LogP contribution in [0.25, 0.3) is 5.69 Å². The van der Waals surface area contributed by atoms with E-state index < -0.39 is 0 Å². The van der Waals surface area contributed by atoms with Crippen LogP contribution in [0.5, 0.6) is 0 Å². The second-order valence-electron chi connectivity index (χ2n) is 6.99. The first kappa shape index (κ1) is 19.7. The average Bonchev–Trinajstić information content (AvgIpc) is 3.18. The third kappa shape index (κ3) is 4.71. The van der Waals surface area contributed by atoms with Crippen LogP contribution >= 0.6 is 24.0 Å². The van der Waals surface area contributed by atoms with Crippen LogP contribution in [0.4, 0.5) is 4.39 Å². The number of rotatable bonds is 3. The van der Waals surface area contributed by atoms with Crippen LogP contribution < -0.4 is 5.32 Å². The van der Waals surface area contributed by atoms with Gasteiger partial charge in [0.25, 0.3) is 0 Å². The Labute approximate surface area is 165 Å². The van der Waals surface area contributed by atoms with Crippen molar-refractivity contribution in [3.63, 3.8) is 0 Å². The Balaban J connectivity index is 0.00000225. The first-order valence-electron chi connectivity index (χ1n) is 8.21. The normalized spacial score (nSPS) is 16.6. The number of imidazole rings is 1. The molecule has 1 saturated heterocycles. The van der Waals surface area contributed by atoms with Crippen molar-refractivity contribution in [3.8, 4) is 5.69 Å². The minimum absolute atomic E-state index is 0. The monoisotopic (exact) mass is 457 g/mol. The molecule has 136 valence electrons. The van der Waals surface area contributed by atoms with Gasteiger partial charge in [-0.3, -0.25) is 4.99 Å². The largest absolute Gasteiger partial charge is 0.352 e. The van der Waals surface area contributed by atoms with Gasteiger partial charge in [-0.15, -0.1) is 24.0 Å². The molecule has 0 aliphatic carbocycles. The first-order chi connectivity index (χ1) is 11.5. The van der Waals surface area contributed by atoms with Crippen molar-refractivity contribution in [3.05, 3.63) is 48.3 Å². The topological polar surface area (TPSA) is 45.5 Å². The Hall–Kier alpha value is -1.64. The van der Waals surface area contributed by atoms with Crippen molar-refractivity contribution in [2.24, 2.45) is 10.4 Å². The molecule has 1 aromatic heterocycles. The lowest BCUT2D eigenvalue weighted by Gasteiger charge is -2.23. The van der Waals surface area contributed by atoms with Crippen LogP contribution in [-0.2, 0) is 6.54 Å². The lowest BCUT2D eigenvalue weighted by molar-refractivity contribution is 0.370. The number of halogens is 2. The number of aliphatic imine (C=N–C) groups is 1. The Morgan fingerprint density at radius 2 is 2.20 bits per heavy atom. The molecule has 2 heterocycles. The molecule has 7 heteroatoms. The predicted octanol–water partition coefficient (Wildman–Crippen LogP) is 3.44. The summed E-state index contributed by atoms with van der Waals surface area (Å²) in [7, 11) is 1.79. The number of hydrogen-bond donors (Lipinski definition) is 1. The zero-order valence-electron chi connectivity index (χ0n) is 14.9. The average molecular weight is 457 g/mol. The number of nitrogens with one attached hydrogen (secondary N) is 1.